The summed E-state index contributed by atoms with van der Waals surface area (Å²) in [4.78, 5) is 2.33. The number of ether oxygens (including phenoxy) is 4. The molecule has 0 amide bonds. The molecule has 188 valence electrons. The highest BCUT2D eigenvalue weighted by molar-refractivity contribution is 5.41. The van der Waals surface area contributed by atoms with E-state index in [-0.39, 0.29) is 54.6 Å². The van der Waals surface area contributed by atoms with E-state index >= 15 is 0 Å². The van der Waals surface area contributed by atoms with E-state index < -0.39 is 28.1 Å². The topological polar surface area (TPSA) is 101 Å². The van der Waals surface area contributed by atoms with Crippen LogP contribution < -0.4 is 0 Å². The fraction of sp³-hybridized carbons (Fsp3) is 1.00. The Balaban J connectivity index is 1.68. The van der Waals surface area contributed by atoms with Gasteiger partial charge < -0.3 is 34.3 Å². The van der Waals surface area contributed by atoms with Crippen LogP contribution >= 0.6 is 0 Å². The highest BCUT2D eigenvalue weighted by Crippen LogP contribution is 2.80. The van der Waals surface area contributed by atoms with Gasteiger partial charge >= 0.3 is 0 Å². The standard InChI is InChI=1S/C25H41NO7/c1-6-26-11-22(12-27)8-7-16(31-3)24-14-9-13-15(30-2)10-23(28,17(14)18(13)32-4)25(29,21(24)26)20(33-5)19(22)24/h13-21,27-29H,6-12H2,1-5H3/t13-,14-,15+,16+,17-,18?,19-,20+,21?,22+,23-,24?,25?/m1/s1. The first-order chi connectivity index (χ1) is 15.8. The van der Waals surface area contributed by atoms with Crippen molar-refractivity contribution in [1.82, 2.24) is 4.90 Å². The van der Waals surface area contributed by atoms with Gasteiger partial charge in [0, 0.05) is 70.0 Å². The number of likely N-dealkylation sites (N-methyl/N-ethyl adjacent to an activating group) is 1. The molecule has 6 rings (SSSR count). The summed E-state index contributed by atoms with van der Waals surface area (Å²) in [5.74, 6) is -0.0916. The molecular formula is C25H41NO7. The molecule has 8 nitrogen and oxygen atoms in total. The lowest BCUT2D eigenvalue weighted by Gasteiger charge is -2.70. The van der Waals surface area contributed by atoms with Crippen molar-refractivity contribution in [1.29, 1.82) is 0 Å². The second-order valence-corrected chi connectivity index (χ2v) is 11.8. The molecule has 1 spiro atoms. The number of aliphatic hydroxyl groups is 3. The molecule has 13 atom stereocenters. The van der Waals surface area contributed by atoms with Crippen LogP contribution in [0.4, 0.5) is 0 Å². The maximum absolute atomic E-state index is 13.0. The number of methoxy groups -OCH3 is 4. The van der Waals surface area contributed by atoms with Gasteiger partial charge in [0.15, 0.2) is 0 Å². The molecule has 5 aliphatic carbocycles. The average molecular weight is 468 g/mol. The molecule has 1 aliphatic heterocycles. The van der Waals surface area contributed by atoms with Crippen molar-refractivity contribution >= 4 is 0 Å². The molecule has 33 heavy (non-hydrogen) atoms. The number of hydrogen-bond acceptors (Lipinski definition) is 8. The zero-order valence-corrected chi connectivity index (χ0v) is 20.6. The third-order valence-electron chi connectivity index (χ3n) is 11.6. The van der Waals surface area contributed by atoms with Gasteiger partial charge in [0.25, 0.3) is 0 Å². The Morgan fingerprint density at radius 2 is 1.79 bits per heavy atom. The lowest BCUT2D eigenvalue weighted by atomic mass is 9.42. The van der Waals surface area contributed by atoms with Gasteiger partial charge in [0.1, 0.15) is 11.2 Å². The molecule has 3 N–H and O–H groups in total. The molecule has 6 fully saturated rings. The Kier molecular flexibility index (Phi) is 4.99. The summed E-state index contributed by atoms with van der Waals surface area (Å²) in [5.41, 5.74) is -3.78. The van der Waals surface area contributed by atoms with E-state index in [1.54, 1.807) is 28.4 Å². The highest BCUT2D eigenvalue weighted by Gasteiger charge is 2.91. The Labute approximate surface area is 196 Å². The molecule has 1 saturated heterocycles. The molecule has 8 heteroatoms. The average Bonchev–Trinajstić information content (AvgIpc) is 3.24. The lowest BCUT2D eigenvalue weighted by Crippen LogP contribution is -2.82. The van der Waals surface area contributed by atoms with E-state index in [1.807, 2.05) is 0 Å². The fourth-order valence-electron chi connectivity index (χ4n) is 11.0. The van der Waals surface area contributed by atoms with E-state index in [0.29, 0.717) is 13.0 Å². The SMILES string of the molecule is CCN1C[C@]2(CO)CC[C@H](OC)C34C1C(O)([C@@H](OC)[C@@H]32)[C@@]1(O)C[C@H](OC)[C@H]2C[C@@H]4[C@@H]1C2OC. The van der Waals surface area contributed by atoms with Crippen LogP contribution in [0.1, 0.15) is 32.6 Å². The van der Waals surface area contributed by atoms with Crippen LogP contribution in [0.3, 0.4) is 0 Å². The van der Waals surface area contributed by atoms with Crippen molar-refractivity contribution < 1.29 is 34.3 Å². The third-order valence-corrected chi connectivity index (χ3v) is 11.6. The van der Waals surface area contributed by atoms with Crippen LogP contribution in [0.5, 0.6) is 0 Å². The monoisotopic (exact) mass is 467 g/mol. The van der Waals surface area contributed by atoms with Gasteiger partial charge in [-0.25, -0.2) is 0 Å². The maximum atomic E-state index is 13.0. The molecule has 4 unspecified atom stereocenters. The highest BCUT2D eigenvalue weighted by atomic mass is 16.5. The number of nitrogens with zero attached hydrogens (tertiary/aromatic N) is 1. The zero-order valence-electron chi connectivity index (χ0n) is 20.6. The van der Waals surface area contributed by atoms with E-state index in [9.17, 15) is 15.3 Å². The second-order valence-electron chi connectivity index (χ2n) is 11.8. The Morgan fingerprint density at radius 1 is 1.03 bits per heavy atom. The Hall–Kier alpha value is -0.320. The fourth-order valence-corrected chi connectivity index (χ4v) is 11.0. The predicted octanol–water partition coefficient (Wildman–Crippen LogP) is 0.271. The lowest BCUT2D eigenvalue weighted by molar-refractivity contribution is -0.320. The number of fused-ring (bicyclic) bond motifs is 2. The Morgan fingerprint density at radius 3 is 2.36 bits per heavy atom. The van der Waals surface area contributed by atoms with Crippen molar-refractivity contribution in [3.8, 4) is 0 Å². The summed E-state index contributed by atoms with van der Waals surface area (Å²) in [6, 6.07) is -0.312. The first-order valence-electron chi connectivity index (χ1n) is 12.7. The van der Waals surface area contributed by atoms with Gasteiger partial charge in [-0.15, -0.1) is 0 Å². The van der Waals surface area contributed by atoms with Gasteiger partial charge in [-0.05, 0) is 31.7 Å². The van der Waals surface area contributed by atoms with Gasteiger partial charge in [0.2, 0.25) is 0 Å². The number of hydrogen-bond donors (Lipinski definition) is 3. The van der Waals surface area contributed by atoms with Crippen LogP contribution in [0, 0.1) is 34.5 Å². The van der Waals surface area contributed by atoms with Gasteiger partial charge in [-0.2, -0.15) is 0 Å². The van der Waals surface area contributed by atoms with Crippen LogP contribution in [-0.4, -0.2) is 110 Å². The third kappa shape index (κ3) is 2.16. The zero-order chi connectivity index (χ0) is 23.6. The first-order valence-corrected chi connectivity index (χ1v) is 12.7. The van der Waals surface area contributed by atoms with E-state index in [2.05, 4.69) is 11.8 Å². The largest absolute Gasteiger partial charge is 0.396 e. The van der Waals surface area contributed by atoms with Crippen molar-refractivity contribution in [3.05, 3.63) is 0 Å². The molecule has 1 heterocycles. The molecule has 0 aromatic rings. The van der Waals surface area contributed by atoms with E-state index in [1.165, 1.54) is 0 Å². The van der Waals surface area contributed by atoms with E-state index in [0.717, 1.165) is 25.8 Å². The Bertz CT molecular complexity index is 814. The summed E-state index contributed by atoms with van der Waals surface area (Å²) in [7, 11) is 6.85. The molecule has 5 saturated carbocycles. The van der Waals surface area contributed by atoms with Gasteiger partial charge in [0.05, 0.1) is 37.1 Å². The van der Waals surface area contributed by atoms with Crippen LogP contribution in [0.2, 0.25) is 0 Å². The normalized spacial score (nSPS) is 60.9. The quantitative estimate of drug-likeness (QED) is 0.512. The van der Waals surface area contributed by atoms with Gasteiger partial charge in [-0.1, -0.05) is 6.92 Å². The predicted molar refractivity (Wildman–Crippen MR) is 119 cm³/mol. The van der Waals surface area contributed by atoms with Crippen molar-refractivity contribution in [3.63, 3.8) is 0 Å². The van der Waals surface area contributed by atoms with Crippen LogP contribution in [0.15, 0.2) is 0 Å². The maximum Gasteiger partial charge on any atom is 0.136 e. The van der Waals surface area contributed by atoms with Gasteiger partial charge in [-0.3, -0.25) is 4.90 Å². The number of piperidine rings is 1. The molecule has 0 radical (unpaired) electrons. The molecular weight excluding hydrogens is 426 g/mol. The minimum atomic E-state index is -1.52. The smallest absolute Gasteiger partial charge is 0.136 e. The molecule has 0 aromatic heterocycles. The van der Waals surface area contributed by atoms with Crippen LogP contribution in [0.25, 0.3) is 0 Å². The number of rotatable bonds is 6. The summed E-state index contributed by atoms with van der Waals surface area (Å²) in [6.07, 6.45) is 1.81. The first kappa shape index (κ1) is 23.1. The number of aliphatic hydroxyl groups excluding tert-OH is 1. The minimum absolute atomic E-state index is 0.0443. The van der Waals surface area contributed by atoms with Crippen molar-refractivity contribution in [2.24, 2.45) is 34.5 Å². The van der Waals surface area contributed by atoms with Crippen molar-refractivity contribution in [2.75, 3.05) is 48.1 Å². The summed E-state index contributed by atoms with van der Waals surface area (Å²) < 4.78 is 24.5. The van der Waals surface area contributed by atoms with Crippen LogP contribution in [-0.2, 0) is 18.9 Å². The minimum Gasteiger partial charge on any atom is -0.396 e. The second kappa shape index (κ2) is 7.13. The molecule has 7 bridgehead atoms. The molecule has 0 aromatic carbocycles. The summed E-state index contributed by atoms with van der Waals surface area (Å²) in [5, 5.41) is 36.6. The molecule has 6 aliphatic rings. The van der Waals surface area contributed by atoms with Crippen molar-refractivity contribution in [2.45, 2.75) is 74.3 Å². The summed E-state index contributed by atoms with van der Waals surface area (Å²) >= 11 is 0. The number of likely N-dealkylation sites (tertiary alicyclic amines) is 1. The summed E-state index contributed by atoms with van der Waals surface area (Å²) in [6.45, 7) is 3.59. The van der Waals surface area contributed by atoms with E-state index in [4.69, 9.17) is 18.9 Å².